The van der Waals surface area contributed by atoms with Crippen molar-refractivity contribution in [3.8, 4) is 11.8 Å². The van der Waals surface area contributed by atoms with E-state index in [1.54, 1.807) is 13.1 Å². The van der Waals surface area contributed by atoms with E-state index >= 15 is 0 Å². The number of likely N-dealkylation sites (tertiary alicyclic amines) is 1. The van der Waals surface area contributed by atoms with E-state index < -0.39 is 11.7 Å². The van der Waals surface area contributed by atoms with Gasteiger partial charge >= 0.3 is 6.18 Å². The Morgan fingerprint density at radius 2 is 1.84 bits per heavy atom. The van der Waals surface area contributed by atoms with Gasteiger partial charge in [-0.25, -0.2) is 0 Å². The Morgan fingerprint density at radius 1 is 1.10 bits per heavy atom. The molecule has 1 heterocycles. The van der Waals surface area contributed by atoms with Gasteiger partial charge in [-0.15, -0.1) is 0 Å². The summed E-state index contributed by atoms with van der Waals surface area (Å²) in [7, 11) is 1.69. The number of hydrogen-bond acceptors (Lipinski definition) is 2. The average molecular weight is 429 g/mol. The third kappa shape index (κ3) is 7.34. The number of nitrogens with one attached hydrogen (secondary N) is 2. The zero-order valence-electron chi connectivity index (χ0n) is 17.5. The molecule has 0 unspecified atom stereocenters. The molecule has 1 fully saturated rings. The molecule has 31 heavy (non-hydrogen) atoms. The maximum atomic E-state index is 12.8. The number of alkyl halides is 3. The Balaban J connectivity index is 1.42. The summed E-state index contributed by atoms with van der Waals surface area (Å²) in [5, 5.41) is 6.53. The Kier molecular flexibility index (Phi) is 7.96. The van der Waals surface area contributed by atoms with Gasteiger partial charge in [-0.1, -0.05) is 48.2 Å². The van der Waals surface area contributed by atoms with Crippen LogP contribution in [0.25, 0.3) is 0 Å². The topological polar surface area (TPSA) is 39.7 Å². The van der Waals surface area contributed by atoms with Crippen molar-refractivity contribution in [3.05, 3.63) is 71.3 Å². The highest BCUT2D eigenvalue weighted by molar-refractivity contribution is 5.80. The molecule has 2 aromatic rings. The SMILES string of the molecule is CN=C(NCC#Cc1cccc(C(F)(F)F)c1)NC1CCN(Cc2ccccc2)CC1. The van der Waals surface area contributed by atoms with Crippen molar-refractivity contribution < 1.29 is 13.2 Å². The zero-order chi connectivity index (χ0) is 22.1. The average Bonchev–Trinajstić information content (AvgIpc) is 2.77. The minimum Gasteiger partial charge on any atom is -0.354 e. The first-order chi connectivity index (χ1) is 14.9. The number of hydrogen-bond donors (Lipinski definition) is 2. The lowest BCUT2D eigenvalue weighted by atomic mass is 10.0. The van der Waals surface area contributed by atoms with Crippen LogP contribution in [0.5, 0.6) is 0 Å². The summed E-state index contributed by atoms with van der Waals surface area (Å²) in [6.45, 7) is 3.28. The third-order valence-corrected chi connectivity index (χ3v) is 5.17. The number of halogens is 3. The molecule has 164 valence electrons. The van der Waals surface area contributed by atoms with Crippen molar-refractivity contribution in [1.82, 2.24) is 15.5 Å². The summed E-state index contributed by atoms with van der Waals surface area (Å²) in [6, 6.07) is 15.8. The minimum absolute atomic E-state index is 0.294. The first-order valence-corrected chi connectivity index (χ1v) is 10.3. The molecule has 0 aliphatic carbocycles. The predicted octanol–water partition coefficient (Wildman–Crippen LogP) is 3.89. The van der Waals surface area contributed by atoms with Crippen molar-refractivity contribution in [2.24, 2.45) is 4.99 Å². The lowest BCUT2D eigenvalue weighted by Gasteiger charge is -2.33. The van der Waals surface area contributed by atoms with Crippen LogP contribution in [-0.4, -0.2) is 43.6 Å². The van der Waals surface area contributed by atoms with Gasteiger partial charge in [0.2, 0.25) is 0 Å². The number of nitrogens with zero attached hydrogens (tertiary/aromatic N) is 2. The molecule has 0 amide bonds. The number of guanidine groups is 1. The number of benzene rings is 2. The standard InChI is InChI=1S/C24H27F3N4/c1-28-23(29-14-6-10-19-9-5-11-21(17-19)24(25,26)27)30-22-12-15-31(16-13-22)18-20-7-3-2-4-8-20/h2-5,7-9,11,17,22H,12-16,18H2,1H3,(H2,28,29,30). The molecule has 1 saturated heterocycles. The maximum Gasteiger partial charge on any atom is 0.416 e. The summed E-state index contributed by atoms with van der Waals surface area (Å²) in [6.07, 6.45) is -2.33. The maximum absolute atomic E-state index is 12.8. The van der Waals surface area contributed by atoms with Gasteiger partial charge < -0.3 is 10.6 Å². The molecule has 0 spiro atoms. The van der Waals surface area contributed by atoms with Crippen molar-refractivity contribution in [2.75, 3.05) is 26.7 Å². The second-order valence-electron chi connectivity index (χ2n) is 7.49. The normalized spacial score (nSPS) is 15.8. The van der Waals surface area contributed by atoms with Crippen LogP contribution in [0, 0.1) is 11.8 Å². The van der Waals surface area contributed by atoms with Gasteiger partial charge in [0.1, 0.15) is 0 Å². The molecule has 2 N–H and O–H groups in total. The van der Waals surface area contributed by atoms with Gasteiger partial charge in [0.05, 0.1) is 12.1 Å². The van der Waals surface area contributed by atoms with E-state index in [0.29, 0.717) is 24.1 Å². The second kappa shape index (κ2) is 10.9. The molecule has 7 heteroatoms. The lowest BCUT2D eigenvalue weighted by Crippen LogP contribution is -2.48. The van der Waals surface area contributed by atoms with Crippen molar-refractivity contribution >= 4 is 5.96 Å². The Hall–Kier alpha value is -2.98. The zero-order valence-corrected chi connectivity index (χ0v) is 17.5. The molecular weight excluding hydrogens is 401 g/mol. The quantitative estimate of drug-likeness (QED) is 0.441. The molecule has 2 aromatic carbocycles. The highest BCUT2D eigenvalue weighted by Crippen LogP contribution is 2.29. The minimum atomic E-state index is -4.36. The van der Waals surface area contributed by atoms with E-state index in [-0.39, 0.29) is 0 Å². The van der Waals surface area contributed by atoms with Crippen LogP contribution in [0.2, 0.25) is 0 Å². The molecular formula is C24H27F3N4. The molecule has 3 rings (SSSR count). The molecule has 4 nitrogen and oxygen atoms in total. The smallest absolute Gasteiger partial charge is 0.354 e. The van der Waals surface area contributed by atoms with Crippen molar-refractivity contribution in [2.45, 2.75) is 31.6 Å². The van der Waals surface area contributed by atoms with Crippen molar-refractivity contribution in [1.29, 1.82) is 0 Å². The van der Waals surface area contributed by atoms with Gasteiger partial charge in [0.25, 0.3) is 0 Å². The summed E-state index contributed by atoms with van der Waals surface area (Å²) >= 11 is 0. The van der Waals surface area contributed by atoms with E-state index in [9.17, 15) is 13.2 Å². The number of piperidine rings is 1. The highest BCUT2D eigenvalue weighted by atomic mass is 19.4. The Labute approximate surface area is 181 Å². The van der Waals surface area contributed by atoms with Crippen LogP contribution in [-0.2, 0) is 12.7 Å². The van der Waals surface area contributed by atoms with Crippen LogP contribution < -0.4 is 10.6 Å². The van der Waals surface area contributed by atoms with Gasteiger partial charge in [-0.2, -0.15) is 13.2 Å². The Morgan fingerprint density at radius 3 is 2.52 bits per heavy atom. The first kappa shape index (κ1) is 22.7. The first-order valence-electron chi connectivity index (χ1n) is 10.3. The fraction of sp³-hybridized carbons (Fsp3) is 0.375. The summed E-state index contributed by atoms with van der Waals surface area (Å²) < 4.78 is 38.3. The van der Waals surface area contributed by atoms with Crippen LogP contribution in [0.4, 0.5) is 13.2 Å². The van der Waals surface area contributed by atoms with Gasteiger partial charge in [0, 0.05) is 38.3 Å². The molecule has 0 atom stereocenters. The number of rotatable bonds is 4. The monoisotopic (exact) mass is 428 g/mol. The van der Waals surface area contributed by atoms with Crippen molar-refractivity contribution in [3.63, 3.8) is 0 Å². The Bertz CT molecular complexity index is 921. The third-order valence-electron chi connectivity index (χ3n) is 5.17. The van der Waals surface area contributed by atoms with Gasteiger partial charge in [-0.05, 0) is 36.6 Å². The van der Waals surface area contributed by atoms with Crippen LogP contribution in [0.3, 0.4) is 0 Å². The van der Waals surface area contributed by atoms with E-state index in [1.165, 1.54) is 11.6 Å². The van der Waals surface area contributed by atoms with Crippen LogP contribution in [0.15, 0.2) is 59.6 Å². The highest BCUT2D eigenvalue weighted by Gasteiger charge is 2.30. The summed E-state index contributed by atoms with van der Waals surface area (Å²) in [5.74, 6) is 6.28. The largest absolute Gasteiger partial charge is 0.416 e. The van der Waals surface area contributed by atoms with E-state index in [1.807, 2.05) is 6.07 Å². The predicted molar refractivity (Wildman–Crippen MR) is 118 cm³/mol. The second-order valence-corrected chi connectivity index (χ2v) is 7.49. The van der Waals surface area contributed by atoms with Crippen LogP contribution >= 0.6 is 0 Å². The molecule has 1 aliphatic rings. The van der Waals surface area contributed by atoms with E-state index in [2.05, 4.69) is 56.6 Å². The summed E-state index contributed by atoms with van der Waals surface area (Å²) in [4.78, 5) is 6.67. The fourth-order valence-electron chi connectivity index (χ4n) is 3.51. The summed E-state index contributed by atoms with van der Waals surface area (Å²) in [5.41, 5.74) is 0.972. The molecule has 0 saturated carbocycles. The van der Waals surface area contributed by atoms with E-state index in [4.69, 9.17) is 0 Å². The molecule has 0 radical (unpaired) electrons. The van der Waals surface area contributed by atoms with Gasteiger partial charge in [-0.3, -0.25) is 9.89 Å². The van der Waals surface area contributed by atoms with E-state index in [0.717, 1.165) is 44.6 Å². The lowest BCUT2D eigenvalue weighted by molar-refractivity contribution is -0.137. The number of aliphatic imine (C=N–C) groups is 1. The molecule has 1 aliphatic heterocycles. The van der Waals surface area contributed by atoms with Crippen LogP contribution in [0.1, 0.15) is 29.5 Å². The fourth-order valence-corrected chi connectivity index (χ4v) is 3.51. The molecule has 0 bridgehead atoms. The van der Waals surface area contributed by atoms with Gasteiger partial charge in [0.15, 0.2) is 5.96 Å². The molecule has 0 aromatic heterocycles.